The monoisotopic (exact) mass is 372 g/mol. The molecule has 9 heteroatoms. The zero-order chi connectivity index (χ0) is 19.2. The number of piperidine rings is 1. The molecule has 4 N–H and O–H groups in total. The number of carbonyl (C=O) groups is 4. The first-order valence-electron chi connectivity index (χ1n) is 8.80. The number of carbonyl (C=O) groups excluding carboxylic acids is 4. The first-order chi connectivity index (χ1) is 12.9. The van der Waals surface area contributed by atoms with Crippen LogP contribution in [0, 0.1) is 0 Å². The Balaban J connectivity index is 1.54. The Bertz CT molecular complexity index is 848. The van der Waals surface area contributed by atoms with E-state index in [0.717, 1.165) is 4.90 Å². The van der Waals surface area contributed by atoms with E-state index in [1.54, 1.807) is 18.2 Å². The second kappa shape index (κ2) is 6.52. The first kappa shape index (κ1) is 17.8. The van der Waals surface area contributed by atoms with E-state index in [1.165, 1.54) is 0 Å². The highest BCUT2D eigenvalue weighted by Gasteiger charge is 2.45. The van der Waals surface area contributed by atoms with E-state index in [1.807, 2.05) is 0 Å². The number of nitrogens with zero attached hydrogens (tertiary/aromatic N) is 1. The van der Waals surface area contributed by atoms with Gasteiger partial charge in [0.25, 0.3) is 11.8 Å². The highest BCUT2D eigenvalue weighted by atomic mass is 16.5. The number of imide groups is 2. The first-order valence-corrected chi connectivity index (χ1v) is 8.80. The lowest BCUT2D eigenvalue weighted by Crippen LogP contribution is -2.62. The number of hydrogen-bond donors (Lipinski definition) is 3. The standard InChI is InChI=1S/C18H20N4O5/c19-18(8-27-9-18)7-20-6-10-2-1-3-11-14(10)17(26)22(16(11)25)12-4-5-13(23)21-15(12)24/h1-3,12,20H,4-9,19H2,(H,21,23,24). The van der Waals surface area contributed by atoms with Crippen molar-refractivity contribution in [1.82, 2.24) is 15.5 Å². The average Bonchev–Trinajstić information content (AvgIpc) is 2.86. The van der Waals surface area contributed by atoms with E-state index >= 15 is 0 Å². The Hall–Kier alpha value is -2.62. The molecule has 9 nitrogen and oxygen atoms in total. The zero-order valence-corrected chi connectivity index (χ0v) is 14.6. The van der Waals surface area contributed by atoms with Crippen molar-refractivity contribution in [2.75, 3.05) is 19.8 Å². The average molecular weight is 372 g/mol. The topological polar surface area (TPSA) is 131 Å². The van der Waals surface area contributed by atoms with Gasteiger partial charge in [-0.2, -0.15) is 0 Å². The van der Waals surface area contributed by atoms with Crippen molar-refractivity contribution in [1.29, 1.82) is 0 Å². The second-order valence-electron chi connectivity index (χ2n) is 7.25. The smallest absolute Gasteiger partial charge is 0.262 e. The van der Waals surface area contributed by atoms with Gasteiger partial charge >= 0.3 is 0 Å². The van der Waals surface area contributed by atoms with Gasteiger partial charge in [0.15, 0.2) is 0 Å². The minimum absolute atomic E-state index is 0.0961. The molecule has 4 amide bonds. The summed E-state index contributed by atoms with van der Waals surface area (Å²) in [5.41, 5.74) is 6.93. The molecule has 1 atom stereocenters. The highest BCUT2D eigenvalue weighted by molar-refractivity contribution is 6.24. The van der Waals surface area contributed by atoms with Crippen LogP contribution in [-0.2, 0) is 20.9 Å². The molecule has 1 aromatic carbocycles. The van der Waals surface area contributed by atoms with Crippen molar-refractivity contribution < 1.29 is 23.9 Å². The van der Waals surface area contributed by atoms with Crippen molar-refractivity contribution in [2.24, 2.45) is 5.73 Å². The maximum Gasteiger partial charge on any atom is 0.262 e. The van der Waals surface area contributed by atoms with Gasteiger partial charge in [0.2, 0.25) is 11.8 Å². The van der Waals surface area contributed by atoms with Crippen molar-refractivity contribution in [2.45, 2.75) is 31.0 Å². The molecular weight excluding hydrogens is 352 g/mol. The van der Waals surface area contributed by atoms with Gasteiger partial charge in [0, 0.05) is 19.5 Å². The van der Waals surface area contributed by atoms with Gasteiger partial charge in [-0.3, -0.25) is 29.4 Å². The maximum atomic E-state index is 12.9. The summed E-state index contributed by atoms with van der Waals surface area (Å²) in [4.78, 5) is 50.2. The molecule has 3 aliphatic rings. The van der Waals surface area contributed by atoms with Gasteiger partial charge in [-0.15, -0.1) is 0 Å². The van der Waals surface area contributed by atoms with Gasteiger partial charge in [-0.1, -0.05) is 12.1 Å². The minimum Gasteiger partial charge on any atom is -0.377 e. The highest BCUT2D eigenvalue weighted by Crippen LogP contribution is 2.30. The Morgan fingerprint density at radius 1 is 1.22 bits per heavy atom. The molecule has 0 bridgehead atoms. The molecule has 0 spiro atoms. The molecule has 142 valence electrons. The van der Waals surface area contributed by atoms with Crippen LogP contribution >= 0.6 is 0 Å². The Morgan fingerprint density at radius 3 is 2.67 bits per heavy atom. The normalized spacial score (nSPS) is 23.9. The minimum atomic E-state index is -0.963. The molecule has 0 saturated carbocycles. The second-order valence-corrected chi connectivity index (χ2v) is 7.25. The number of nitrogens with one attached hydrogen (secondary N) is 2. The summed E-state index contributed by atoms with van der Waals surface area (Å²) in [5, 5.41) is 5.40. The molecular formula is C18H20N4O5. The van der Waals surface area contributed by atoms with Crippen LogP contribution in [0.1, 0.15) is 39.1 Å². The summed E-state index contributed by atoms with van der Waals surface area (Å²) in [6.45, 7) is 1.85. The lowest BCUT2D eigenvalue weighted by Gasteiger charge is -2.37. The fourth-order valence-corrected chi connectivity index (χ4v) is 3.64. The summed E-state index contributed by atoms with van der Waals surface area (Å²) in [6, 6.07) is 4.09. The molecule has 1 unspecified atom stereocenters. The number of fused-ring (bicyclic) bond motifs is 1. The predicted octanol–water partition coefficient (Wildman–Crippen LogP) is -1.09. The lowest BCUT2D eigenvalue weighted by atomic mass is 9.98. The number of nitrogens with two attached hydrogens (primary N) is 1. The van der Waals surface area contributed by atoms with Crippen LogP contribution < -0.4 is 16.4 Å². The summed E-state index contributed by atoms with van der Waals surface area (Å²) >= 11 is 0. The van der Waals surface area contributed by atoms with Crippen LogP contribution in [0.15, 0.2) is 18.2 Å². The third-order valence-electron chi connectivity index (χ3n) is 5.13. The van der Waals surface area contributed by atoms with Crippen molar-refractivity contribution >= 4 is 23.6 Å². The van der Waals surface area contributed by atoms with Crippen molar-refractivity contribution in [3.8, 4) is 0 Å². The maximum absolute atomic E-state index is 12.9. The Kier molecular flexibility index (Phi) is 4.29. The van der Waals surface area contributed by atoms with E-state index in [0.29, 0.717) is 37.4 Å². The van der Waals surface area contributed by atoms with E-state index < -0.39 is 35.2 Å². The zero-order valence-electron chi connectivity index (χ0n) is 14.6. The van der Waals surface area contributed by atoms with E-state index in [-0.39, 0.29) is 18.4 Å². The van der Waals surface area contributed by atoms with Gasteiger partial charge in [0.05, 0.1) is 29.9 Å². The van der Waals surface area contributed by atoms with Gasteiger partial charge in [-0.25, -0.2) is 0 Å². The molecule has 4 rings (SSSR count). The predicted molar refractivity (Wildman–Crippen MR) is 92.6 cm³/mol. The summed E-state index contributed by atoms with van der Waals surface area (Å²) < 4.78 is 5.11. The lowest BCUT2D eigenvalue weighted by molar-refractivity contribution is -0.136. The molecule has 0 radical (unpaired) electrons. The van der Waals surface area contributed by atoms with Crippen LogP contribution in [0.25, 0.3) is 0 Å². The fourth-order valence-electron chi connectivity index (χ4n) is 3.64. The molecule has 3 aliphatic heterocycles. The number of amides is 4. The molecule has 0 aliphatic carbocycles. The van der Waals surface area contributed by atoms with Gasteiger partial charge in [-0.05, 0) is 18.1 Å². The van der Waals surface area contributed by atoms with Crippen molar-refractivity contribution in [3.05, 3.63) is 34.9 Å². The third kappa shape index (κ3) is 3.03. The summed E-state index contributed by atoms with van der Waals surface area (Å²) in [6.07, 6.45) is 0.234. The van der Waals surface area contributed by atoms with E-state index in [4.69, 9.17) is 10.5 Å². The van der Waals surface area contributed by atoms with Gasteiger partial charge < -0.3 is 15.8 Å². The molecule has 2 saturated heterocycles. The van der Waals surface area contributed by atoms with Crippen LogP contribution in [-0.4, -0.2) is 59.9 Å². The molecule has 3 heterocycles. The molecule has 2 fully saturated rings. The molecule has 27 heavy (non-hydrogen) atoms. The van der Waals surface area contributed by atoms with Gasteiger partial charge in [0.1, 0.15) is 6.04 Å². The Labute approximate surface area is 155 Å². The number of rotatable bonds is 5. The quantitative estimate of drug-likeness (QED) is 0.560. The number of hydrogen-bond acceptors (Lipinski definition) is 7. The Morgan fingerprint density at radius 2 is 2.00 bits per heavy atom. The van der Waals surface area contributed by atoms with Crippen LogP contribution in [0.4, 0.5) is 0 Å². The fraction of sp³-hybridized carbons (Fsp3) is 0.444. The van der Waals surface area contributed by atoms with Crippen LogP contribution in [0.5, 0.6) is 0 Å². The van der Waals surface area contributed by atoms with Crippen LogP contribution in [0.2, 0.25) is 0 Å². The largest absolute Gasteiger partial charge is 0.377 e. The summed E-state index contributed by atoms with van der Waals surface area (Å²) in [7, 11) is 0. The number of ether oxygens (including phenoxy) is 1. The van der Waals surface area contributed by atoms with Crippen LogP contribution in [0.3, 0.4) is 0 Å². The number of benzene rings is 1. The van der Waals surface area contributed by atoms with E-state index in [2.05, 4.69) is 10.6 Å². The molecule has 1 aromatic rings. The third-order valence-corrected chi connectivity index (χ3v) is 5.13. The SMILES string of the molecule is NC1(CNCc2cccc3c2C(=O)N(C2CCC(=O)NC2=O)C3=O)COC1. The molecule has 0 aromatic heterocycles. The van der Waals surface area contributed by atoms with E-state index in [9.17, 15) is 19.2 Å². The van der Waals surface area contributed by atoms with Crippen molar-refractivity contribution in [3.63, 3.8) is 0 Å². The summed E-state index contributed by atoms with van der Waals surface area (Å²) in [5.74, 6) is -2.02.